The normalized spacial score (nSPS) is 11.3. The van der Waals surface area contributed by atoms with Gasteiger partial charge >= 0.3 is 0 Å². The topological polar surface area (TPSA) is 123 Å². The maximum absolute atomic E-state index is 14.1. The van der Waals surface area contributed by atoms with Crippen molar-refractivity contribution in [1.82, 2.24) is 19.9 Å². The fourth-order valence-electron chi connectivity index (χ4n) is 5.90. The molecule has 0 N–H and O–H groups in total. The molecule has 0 aliphatic rings. The predicted octanol–water partition coefficient (Wildman–Crippen LogP) is 7.47. The molecule has 0 unspecified atom stereocenters. The van der Waals surface area contributed by atoms with Gasteiger partial charge in [-0.05, 0) is 79.7 Å². The zero-order valence-corrected chi connectivity index (χ0v) is 27.1. The molecule has 0 aliphatic heterocycles. The lowest BCUT2D eigenvalue weighted by Gasteiger charge is -2.15. The number of nitrogens with zero attached hydrogens (tertiary/aromatic N) is 7. The summed E-state index contributed by atoms with van der Waals surface area (Å²) in [4.78, 5) is 20.0. The van der Waals surface area contributed by atoms with Gasteiger partial charge in [-0.3, -0.25) is 0 Å². The number of aromatic nitrogens is 4. The van der Waals surface area contributed by atoms with Crippen molar-refractivity contribution >= 4 is 33.2 Å². The van der Waals surface area contributed by atoms with Crippen LogP contribution in [0.5, 0.6) is 0 Å². The van der Waals surface area contributed by atoms with Gasteiger partial charge in [0, 0.05) is 22.3 Å². The fourth-order valence-corrected chi connectivity index (χ4v) is 5.90. The molecule has 7 nitrogen and oxygen atoms in total. The zero-order chi connectivity index (χ0) is 36.5. The van der Waals surface area contributed by atoms with Crippen LogP contribution >= 0.6 is 0 Å². The van der Waals surface area contributed by atoms with Crippen LogP contribution in [0.15, 0.2) is 97.1 Å². The molecule has 0 bridgehead atoms. The lowest BCUT2D eigenvalue weighted by Crippen LogP contribution is -2.24. The molecule has 7 aromatic rings. The van der Waals surface area contributed by atoms with Gasteiger partial charge in [-0.1, -0.05) is 35.7 Å². The quantitative estimate of drug-likeness (QED) is 0.140. The molecule has 244 valence electrons. The molecule has 0 saturated carbocycles. The van der Waals surface area contributed by atoms with Crippen LogP contribution in [0.4, 0.5) is 13.2 Å². The maximum Gasteiger partial charge on any atom is 0.141 e. The molecule has 5 aromatic carbocycles. The van der Waals surface area contributed by atoms with Gasteiger partial charge in [-0.2, -0.15) is 15.8 Å². The summed E-state index contributed by atoms with van der Waals surface area (Å²) < 4.78 is 42.4. The Bertz CT molecular complexity index is 2500. The second kappa shape index (κ2) is 13.3. The molecular weight excluding hydrogens is 660 g/mol. The van der Waals surface area contributed by atoms with E-state index in [1.165, 1.54) is 72.8 Å². The van der Waals surface area contributed by atoms with E-state index in [2.05, 4.69) is 5.92 Å². The Morgan fingerprint density at radius 2 is 0.731 bits per heavy atom. The molecule has 0 aliphatic carbocycles. The summed E-state index contributed by atoms with van der Waals surface area (Å²) >= 11 is 0. The van der Waals surface area contributed by atoms with Crippen LogP contribution in [0, 0.1) is 70.7 Å². The number of benzene rings is 5. The Labute approximate surface area is 294 Å². The minimum absolute atomic E-state index is 0.00711. The Morgan fingerprint density at radius 1 is 0.462 bits per heavy atom. The summed E-state index contributed by atoms with van der Waals surface area (Å²) in [7, 11) is 0. The van der Waals surface area contributed by atoms with E-state index in [1.807, 2.05) is 49.4 Å². The molecule has 52 heavy (non-hydrogen) atoms. The smallest absolute Gasteiger partial charge is 0.141 e. The summed E-state index contributed by atoms with van der Waals surface area (Å²) in [5, 5.41) is 31.0. The van der Waals surface area contributed by atoms with Gasteiger partial charge in [0.1, 0.15) is 68.9 Å². The van der Waals surface area contributed by atoms with Gasteiger partial charge < -0.3 is 0 Å². The molecule has 0 atom stereocenters. The molecule has 2 heterocycles. The van der Waals surface area contributed by atoms with E-state index in [4.69, 9.17) is 26.4 Å². The highest BCUT2D eigenvalue weighted by Gasteiger charge is 2.23. The second-order valence-electron chi connectivity index (χ2n) is 11.6. The molecule has 10 heteroatoms. The van der Waals surface area contributed by atoms with E-state index in [0.717, 1.165) is 5.56 Å². The van der Waals surface area contributed by atoms with Crippen LogP contribution in [0.2, 0.25) is 0 Å². The summed E-state index contributed by atoms with van der Waals surface area (Å²) in [6.45, 7) is 1.92. The van der Waals surface area contributed by atoms with Crippen LogP contribution in [0.3, 0.4) is 0 Å². The summed E-state index contributed by atoms with van der Waals surface area (Å²) in [5.74, 6) is 0.937. The standard InChI is InChI=1S/C42H20F3N7/c1-3-24(20-46)33-39-41(51-36(26-8-14-30(43)15-9-26)35(49-39)25-6-4-23(2)5-7-25)34(29(21-47)22-48)42-40(33)50-37(27-10-16-31(44)17-11-27)38(52-42)28-12-18-32(45)19-13-28/h1,4-19H,2H3/b33-24-. The Balaban J connectivity index is 1.79. The Hall–Kier alpha value is -7.66. The first-order chi connectivity index (χ1) is 25.2. The third kappa shape index (κ3) is 5.73. The van der Waals surface area contributed by atoms with E-state index in [1.54, 1.807) is 0 Å². The van der Waals surface area contributed by atoms with Crippen molar-refractivity contribution in [2.45, 2.75) is 6.92 Å². The highest BCUT2D eigenvalue weighted by Crippen LogP contribution is 2.33. The first-order valence-corrected chi connectivity index (χ1v) is 15.6. The number of nitriles is 3. The number of rotatable bonds is 4. The second-order valence-corrected chi connectivity index (χ2v) is 11.6. The van der Waals surface area contributed by atoms with E-state index in [9.17, 15) is 29.0 Å². The molecule has 0 amide bonds. The van der Waals surface area contributed by atoms with Crippen molar-refractivity contribution < 1.29 is 13.2 Å². The van der Waals surface area contributed by atoms with Crippen molar-refractivity contribution in [1.29, 1.82) is 15.8 Å². The molecule has 0 radical (unpaired) electrons. The van der Waals surface area contributed by atoms with Crippen molar-refractivity contribution in [3.63, 3.8) is 0 Å². The number of aryl methyl sites for hydroxylation is 1. The molecule has 0 saturated heterocycles. The Morgan fingerprint density at radius 3 is 1.00 bits per heavy atom. The first kappa shape index (κ1) is 32.9. The SMILES string of the molecule is C#C/C(C#N)=c1\c2nc(-c3ccc(C)cc3)c(-c3ccc(F)cc3)nc2c(=C(C#N)C#N)c2nc(-c3ccc(F)cc3)c(-c3ccc(F)cc3)nc12. The summed E-state index contributed by atoms with van der Waals surface area (Å²) in [6.07, 6.45) is 5.92. The van der Waals surface area contributed by atoms with Crippen molar-refractivity contribution in [3.8, 4) is 75.6 Å². The lowest BCUT2D eigenvalue weighted by atomic mass is 9.99. The molecular formula is C42H20F3N7. The lowest BCUT2D eigenvalue weighted by molar-refractivity contribution is 0.627. The largest absolute Gasteiger partial charge is 0.243 e. The molecule has 0 fully saturated rings. The number of hydrogen-bond acceptors (Lipinski definition) is 7. The maximum atomic E-state index is 14.1. The van der Waals surface area contributed by atoms with Gasteiger partial charge in [-0.25, -0.2) is 33.1 Å². The number of halogens is 3. The molecule has 2 aromatic heterocycles. The zero-order valence-electron chi connectivity index (χ0n) is 27.1. The minimum atomic E-state index is -0.505. The molecule has 7 rings (SSSR count). The van der Waals surface area contributed by atoms with E-state index >= 15 is 0 Å². The number of hydrogen-bond donors (Lipinski definition) is 0. The number of terminal acetylenes is 1. The fraction of sp³-hybridized carbons (Fsp3) is 0.0238. The van der Waals surface area contributed by atoms with Crippen LogP contribution in [-0.2, 0) is 0 Å². The van der Waals surface area contributed by atoms with E-state index < -0.39 is 23.0 Å². The third-order valence-corrected chi connectivity index (χ3v) is 8.40. The van der Waals surface area contributed by atoms with Crippen LogP contribution in [0.1, 0.15) is 5.56 Å². The van der Waals surface area contributed by atoms with Gasteiger partial charge in [0.05, 0.1) is 33.2 Å². The average molecular weight is 680 g/mol. The monoisotopic (exact) mass is 679 g/mol. The summed E-state index contributed by atoms with van der Waals surface area (Å²) in [5.41, 5.74) is 3.42. The van der Waals surface area contributed by atoms with E-state index in [-0.39, 0.29) is 55.2 Å². The average Bonchev–Trinajstić information content (AvgIpc) is 3.16. The highest BCUT2D eigenvalue weighted by molar-refractivity contribution is 6.03. The molecule has 0 spiro atoms. The van der Waals surface area contributed by atoms with Gasteiger partial charge in [0.2, 0.25) is 0 Å². The van der Waals surface area contributed by atoms with Crippen LogP contribution in [-0.4, -0.2) is 19.9 Å². The van der Waals surface area contributed by atoms with Gasteiger partial charge in [0.15, 0.2) is 0 Å². The first-order valence-electron chi connectivity index (χ1n) is 15.6. The number of fused-ring (bicyclic) bond motifs is 2. The minimum Gasteiger partial charge on any atom is -0.243 e. The Kier molecular flexibility index (Phi) is 8.43. The van der Waals surface area contributed by atoms with Gasteiger partial charge in [0.25, 0.3) is 0 Å². The van der Waals surface area contributed by atoms with E-state index in [0.29, 0.717) is 27.9 Å². The van der Waals surface area contributed by atoms with Crippen LogP contribution < -0.4 is 10.4 Å². The third-order valence-electron chi connectivity index (χ3n) is 8.40. The predicted molar refractivity (Wildman–Crippen MR) is 191 cm³/mol. The summed E-state index contributed by atoms with van der Waals surface area (Å²) in [6, 6.07) is 29.8. The van der Waals surface area contributed by atoms with Crippen molar-refractivity contribution in [2.24, 2.45) is 0 Å². The van der Waals surface area contributed by atoms with Crippen molar-refractivity contribution in [3.05, 3.63) is 131 Å². The highest BCUT2D eigenvalue weighted by atomic mass is 19.1. The van der Waals surface area contributed by atoms with Crippen LogP contribution in [0.25, 0.3) is 78.2 Å². The van der Waals surface area contributed by atoms with Gasteiger partial charge in [-0.15, -0.1) is 6.42 Å². The van der Waals surface area contributed by atoms with Crippen molar-refractivity contribution in [2.75, 3.05) is 0 Å².